The van der Waals surface area contributed by atoms with Crippen LogP contribution in [0.1, 0.15) is 32.1 Å². The lowest BCUT2D eigenvalue weighted by Gasteiger charge is -2.22. The molecule has 0 unspecified atom stereocenters. The molecule has 3 N–H and O–H groups in total. The van der Waals surface area contributed by atoms with Crippen LogP contribution in [0.5, 0.6) is 5.75 Å². The Kier molecular flexibility index (Phi) is 7.14. The molecular formula is C16H27N3O4S. The van der Waals surface area contributed by atoms with Gasteiger partial charge in [-0.25, -0.2) is 8.42 Å². The van der Waals surface area contributed by atoms with Crippen molar-refractivity contribution in [2.75, 3.05) is 36.8 Å². The van der Waals surface area contributed by atoms with E-state index in [9.17, 15) is 8.42 Å². The van der Waals surface area contributed by atoms with Gasteiger partial charge in [0.25, 0.3) is 0 Å². The van der Waals surface area contributed by atoms with Crippen molar-refractivity contribution in [2.24, 2.45) is 0 Å². The second kappa shape index (κ2) is 9.10. The highest BCUT2D eigenvalue weighted by molar-refractivity contribution is 7.92. The van der Waals surface area contributed by atoms with Crippen LogP contribution < -0.4 is 20.1 Å². The summed E-state index contributed by atoms with van der Waals surface area (Å²) in [6, 6.07) is 5.27. The van der Waals surface area contributed by atoms with Gasteiger partial charge in [-0.15, -0.1) is 0 Å². The minimum atomic E-state index is -3.39. The SMILES string of the molecule is CNCOc1ccc(NCOC2CCCCC2)cc1NS(C)(=O)=O. The number of rotatable bonds is 9. The molecule has 0 aromatic heterocycles. The summed E-state index contributed by atoms with van der Waals surface area (Å²) in [5.74, 6) is 0.466. The monoisotopic (exact) mass is 357 g/mol. The molecule has 24 heavy (non-hydrogen) atoms. The van der Waals surface area contributed by atoms with Crippen molar-refractivity contribution >= 4 is 21.4 Å². The Bertz CT molecular complexity index is 616. The van der Waals surface area contributed by atoms with Gasteiger partial charge in [0.05, 0.1) is 18.0 Å². The number of anilines is 2. The van der Waals surface area contributed by atoms with E-state index < -0.39 is 10.0 Å². The number of nitrogens with one attached hydrogen (secondary N) is 3. The number of sulfonamides is 1. The van der Waals surface area contributed by atoms with E-state index in [2.05, 4.69) is 15.4 Å². The van der Waals surface area contributed by atoms with Crippen molar-refractivity contribution in [3.63, 3.8) is 0 Å². The van der Waals surface area contributed by atoms with Crippen LogP contribution in [-0.4, -0.2) is 41.3 Å². The van der Waals surface area contributed by atoms with Crippen LogP contribution in [0.3, 0.4) is 0 Å². The van der Waals surface area contributed by atoms with Crippen molar-refractivity contribution in [2.45, 2.75) is 38.2 Å². The second-order valence-electron chi connectivity index (χ2n) is 5.98. The van der Waals surface area contributed by atoms with E-state index >= 15 is 0 Å². The molecule has 1 fully saturated rings. The molecule has 1 aliphatic carbocycles. The van der Waals surface area contributed by atoms with Gasteiger partial charge in [-0.05, 0) is 38.1 Å². The van der Waals surface area contributed by atoms with Crippen LogP contribution in [0, 0.1) is 0 Å². The molecular weight excluding hydrogens is 330 g/mol. The van der Waals surface area contributed by atoms with Gasteiger partial charge in [-0.2, -0.15) is 0 Å². The normalized spacial score (nSPS) is 15.9. The molecule has 1 aliphatic rings. The largest absolute Gasteiger partial charge is 0.476 e. The molecule has 2 rings (SSSR count). The van der Waals surface area contributed by atoms with Crippen molar-refractivity contribution in [1.82, 2.24) is 5.32 Å². The third kappa shape index (κ3) is 6.54. The molecule has 0 saturated heterocycles. The van der Waals surface area contributed by atoms with Crippen LogP contribution in [0.4, 0.5) is 11.4 Å². The first-order valence-electron chi connectivity index (χ1n) is 8.22. The minimum Gasteiger partial charge on any atom is -0.476 e. The molecule has 7 nitrogen and oxygen atoms in total. The Morgan fingerprint density at radius 1 is 1.17 bits per heavy atom. The second-order valence-corrected chi connectivity index (χ2v) is 7.72. The standard InChI is InChI=1S/C16H27N3O4S/c1-17-11-23-16-9-8-13(10-15(16)19-24(2,20)21)18-12-22-14-6-4-3-5-7-14/h8-10,14,17-19H,3-7,11-12H2,1-2H3. The van der Waals surface area contributed by atoms with Crippen LogP contribution >= 0.6 is 0 Å². The third-order valence-corrected chi connectivity index (χ3v) is 4.39. The average Bonchev–Trinajstić information content (AvgIpc) is 2.54. The zero-order valence-corrected chi connectivity index (χ0v) is 15.1. The van der Waals surface area contributed by atoms with E-state index in [1.807, 2.05) is 6.07 Å². The maximum Gasteiger partial charge on any atom is 0.229 e. The molecule has 1 saturated carbocycles. The predicted octanol–water partition coefficient (Wildman–Crippen LogP) is 2.33. The summed E-state index contributed by atoms with van der Waals surface area (Å²) < 4.78 is 36.9. The van der Waals surface area contributed by atoms with Crippen LogP contribution in [0.25, 0.3) is 0 Å². The zero-order chi connectivity index (χ0) is 17.4. The fraction of sp³-hybridized carbons (Fsp3) is 0.625. The molecule has 136 valence electrons. The first-order valence-corrected chi connectivity index (χ1v) is 10.1. The van der Waals surface area contributed by atoms with E-state index in [4.69, 9.17) is 9.47 Å². The fourth-order valence-electron chi connectivity index (χ4n) is 2.67. The quantitative estimate of drug-likeness (QED) is 0.588. The van der Waals surface area contributed by atoms with E-state index in [0.717, 1.165) is 24.8 Å². The minimum absolute atomic E-state index is 0.288. The first-order chi connectivity index (χ1) is 11.5. The topological polar surface area (TPSA) is 88.7 Å². The van der Waals surface area contributed by atoms with Gasteiger partial charge in [0, 0.05) is 5.69 Å². The Morgan fingerprint density at radius 3 is 2.58 bits per heavy atom. The molecule has 0 amide bonds. The third-order valence-electron chi connectivity index (χ3n) is 3.79. The van der Waals surface area contributed by atoms with Gasteiger partial charge in [0.1, 0.15) is 19.2 Å². The Balaban J connectivity index is 1.97. The Labute approximate surface area is 144 Å². The average molecular weight is 357 g/mol. The summed E-state index contributed by atoms with van der Waals surface area (Å²) in [4.78, 5) is 0. The van der Waals surface area contributed by atoms with E-state index in [1.54, 1.807) is 19.2 Å². The van der Waals surface area contributed by atoms with Crippen molar-refractivity contribution in [1.29, 1.82) is 0 Å². The van der Waals surface area contributed by atoms with Crippen LogP contribution in [0.2, 0.25) is 0 Å². The number of ether oxygens (including phenoxy) is 2. The Hall–Kier alpha value is -1.51. The van der Waals surface area contributed by atoms with Gasteiger partial charge in [0.15, 0.2) is 0 Å². The fourth-order valence-corrected chi connectivity index (χ4v) is 3.23. The van der Waals surface area contributed by atoms with Gasteiger partial charge in [0.2, 0.25) is 10.0 Å². The predicted molar refractivity (Wildman–Crippen MR) is 95.9 cm³/mol. The summed E-state index contributed by atoms with van der Waals surface area (Å²) in [5.41, 5.74) is 1.17. The smallest absolute Gasteiger partial charge is 0.229 e. The van der Waals surface area contributed by atoms with E-state index in [0.29, 0.717) is 24.3 Å². The molecule has 0 atom stereocenters. The lowest BCUT2D eigenvalue weighted by molar-refractivity contribution is 0.0400. The van der Waals surface area contributed by atoms with Crippen molar-refractivity contribution in [3.8, 4) is 5.75 Å². The van der Waals surface area contributed by atoms with E-state index in [1.165, 1.54) is 19.3 Å². The lowest BCUT2D eigenvalue weighted by atomic mass is 9.98. The summed E-state index contributed by atoms with van der Waals surface area (Å²) in [7, 11) is -1.64. The molecule has 8 heteroatoms. The number of hydrogen-bond acceptors (Lipinski definition) is 6. The summed E-state index contributed by atoms with van der Waals surface area (Å²) in [5, 5.41) is 6.03. The van der Waals surface area contributed by atoms with E-state index in [-0.39, 0.29) is 6.73 Å². The lowest BCUT2D eigenvalue weighted by Crippen LogP contribution is -2.20. The highest BCUT2D eigenvalue weighted by Gasteiger charge is 2.14. The maximum absolute atomic E-state index is 11.5. The summed E-state index contributed by atoms with van der Waals surface area (Å²) in [6.45, 7) is 0.690. The molecule has 0 radical (unpaired) electrons. The molecule has 0 spiro atoms. The van der Waals surface area contributed by atoms with Crippen molar-refractivity contribution in [3.05, 3.63) is 18.2 Å². The molecule has 0 heterocycles. The maximum atomic E-state index is 11.5. The van der Waals surface area contributed by atoms with Gasteiger partial charge < -0.3 is 14.8 Å². The van der Waals surface area contributed by atoms with Gasteiger partial charge in [-0.1, -0.05) is 19.3 Å². The number of benzene rings is 1. The van der Waals surface area contributed by atoms with Crippen molar-refractivity contribution < 1.29 is 17.9 Å². The van der Waals surface area contributed by atoms with Crippen LogP contribution in [0.15, 0.2) is 18.2 Å². The zero-order valence-electron chi connectivity index (χ0n) is 14.3. The highest BCUT2D eigenvalue weighted by atomic mass is 32.2. The first kappa shape index (κ1) is 18.8. The highest BCUT2D eigenvalue weighted by Crippen LogP contribution is 2.29. The van der Waals surface area contributed by atoms with Crippen LogP contribution in [-0.2, 0) is 14.8 Å². The molecule has 0 aliphatic heterocycles. The van der Waals surface area contributed by atoms with Gasteiger partial charge >= 0.3 is 0 Å². The summed E-state index contributed by atoms with van der Waals surface area (Å²) in [6.07, 6.45) is 7.40. The molecule has 0 bridgehead atoms. The molecule has 1 aromatic carbocycles. The van der Waals surface area contributed by atoms with Gasteiger partial charge in [-0.3, -0.25) is 10.0 Å². The Morgan fingerprint density at radius 2 is 1.92 bits per heavy atom. The number of hydrogen-bond donors (Lipinski definition) is 3. The molecule has 1 aromatic rings. The summed E-state index contributed by atoms with van der Waals surface area (Å²) >= 11 is 0.